The molecule has 0 radical (unpaired) electrons. The van der Waals surface area contributed by atoms with Gasteiger partial charge in [0.2, 0.25) is 0 Å². The SMILES string of the molecule is NC(=O)c1cc(-c2cnc3ccccc3c2)cc2cc[nH]c12. The number of nitrogens with one attached hydrogen (secondary N) is 1. The van der Waals surface area contributed by atoms with Crippen LogP contribution in [0, 0.1) is 0 Å². The number of carbonyl (C=O) groups excluding carboxylic acids is 1. The van der Waals surface area contributed by atoms with Crippen molar-refractivity contribution in [2.24, 2.45) is 5.73 Å². The lowest BCUT2D eigenvalue weighted by molar-refractivity contribution is 0.100. The second kappa shape index (κ2) is 4.70. The molecule has 0 aliphatic carbocycles. The van der Waals surface area contributed by atoms with Gasteiger partial charge in [-0.2, -0.15) is 0 Å². The summed E-state index contributed by atoms with van der Waals surface area (Å²) in [6, 6.07) is 15.8. The number of H-pyrrole nitrogens is 1. The van der Waals surface area contributed by atoms with Crippen molar-refractivity contribution in [2.45, 2.75) is 0 Å². The lowest BCUT2D eigenvalue weighted by atomic mass is 10.00. The van der Waals surface area contributed by atoms with Crippen LogP contribution in [-0.4, -0.2) is 15.9 Å². The van der Waals surface area contributed by atoms with Crippen molar-refractivity contribution >= 4 is 27.7 Å². The van der Waals surface area contributed by atoms with E-state index in [2.05, 4.69) is 16.0 Å². The number of hydrogen-bond donors (Lipinski definition) is 2. The van der Waals surface area contributed by atoms with Gasteiger partial charge >= 0.3 is 0 Å². The molecule has 0 saturated heterocycles. The summed E-state index contributed by atoms with van der Waals surface area (Å²) in [5, 5.41) is 2.02. The van der Waals surface area contributed by atoms with Crippen LogP contribution in [0.25, 0.3) is 32.9 Å². The Labute approximate surface area is 126 Å². The Bertz CT molecular complexity index is 1020. The van der Waals surface area contributed by atoms with Crippen LogP contribution in [0.2, 0.25) is 0 Å². The number of aromatic amines is 1. The van der Waals surface area contributed by atoms with Gasteiger partial charge in [0, 0.05) is 28.7 Å². The minimum atomic E-state index is -0.442. The molecule has 2 aromatic heterocycles. The second-order valence-corrected chi connectivity index (χ2v) is 5.25. The maximum atomic E-state index is 11.7. The quantitative estimate of drug-likeness (QED) is 0.592. The van der Waals surface area contributed by atoms with Crippen molar-refractivity contribution in [2.75, 3.05) is 0 Å². The molecule has 0 spiro atoms. The lowest BCUT2D eigenvalue weighted by Gasteiger charge is -2.07. The van der Waals surface area contributed by atoms with Crippen LogP contribution >= 0.6 is 0 Å². The molecule has 4 heteroatoms. The lowest BCUT2D eigenvalue weighted by Crippen LogP contribution is -2.11. The van der Waals surface area contributed by atoms with Crippen LogP contribution in [-0.2, 0) is 0 Å². The van der Waals surface area contributed by atoms with Crippen molar-refractivity contribution in [3.05, 3.63) is 66.5 Å². The summed E-state index contributed by atoms with van der Waals surface area (Å²) in [6.45, 7) is 0. The number of para-hydroxylation sites is 1. The molecule has 0 saturated carbocycles. The van der Waals surface area contributed by atoms with Gasteiger partial charge in [0.25, 0.3) is 5.91 Å². The molecule has 4 aromatic rings. The Balaban J connectivity index is 1.97. The number of rotatable bonds is 2. The van der Waals surface area contributed by atoms with E-state index in [1.165, 1.54) is 0 Å². The summed E-state index contributed by atoms with van der Waals surface area (Å²) < 4.78 is 0. The van der Waals surface area contributed by atoms with Crippen molar-refractivity contribution < 1.29 is 4.79 Å². The first-order valence-electron chi connectivity index (χ1n) is 6.98. The molecular weight excluding hydrogens is 274 g/mol. The number of pyridine rings is 1. The van der Waals surface area contributed by atoms with E-state index in [0.717, 1.165) is 32.9 Å². The van der Waals surface area contributed by atoms with Gasteiger partial charge < -0.3 is 10.7 Å². The summed E-state index contributed by atoms with van der Waals surface area (Å²) in [6.07, 6.45) is 3.63. The summed E-state index contributed by atoms with van der Waals surface area (Å²) in [5.41, 5.74) is 9.60. The van der Waals surface area contributed by atoms with E-state index >= 15 is 0 Å². The van der Waals surface area contributed by atoms with Gasteiger partial charge in [-0.05, 0) is 35.9 Å². The second-order valence-electron chi connectivity index (χ2n) is 5.25. The van der Waals surface area contributed by atoms with E-state index in [9.17, 15) is 4.79 Å². The monoisotopic (exact) mass is 287 g/mol. The molecule has 2 aromatic carbocycles. The normalized spacial score (nSPS) is 11.1. The molecule has 2 heterocycles. The van der Waals surface area contributed by atoms with Crippen LogP contribution in [0.5, 0.6) is 0 Å². The minimum absolute atomic E-state index is 0.442. The largest absolute Gasteiger partial charge is 0.366 e. The summed E-state index contributed by atoms with van der Waals surface area (Å²) >= 11 is 0. The molecular formula is C18H13N3O. The van der Waals surface area contributed by atoms with Crippen LogP contribution < -0.4 is 5.73 Å². The van der Waals surface area contributed by atoms with Crippen LogP contribution in [0.1, 0.15) is 10.4 Å². The molecule has 0 unspecified atom stereocenters. The first-order valence-corrected chi connectivity index (χ1v) is 6.98. The third kappa shape index (κ3) is 1.93. The summed E-state index contributed by atoms with van der Waals surface area (Å²) in [7, 11) is 0. The maximum Gasteiger partial charge on any atom is 0.250 e. The average molecular weight is 287 g/mol. The number of carbonyl (C=O) groups is 1. The highest BCUT2D eigenvalue weighted by Crippen LogP contribution is 2.28. The molecule has 0 bridgehead atoms. The van der Waals surface area contributed by atoms with Crippen LogP contribution in [0.15, 0.2) is 60.9 Å². The average Bonchev–Trinajstić information content (AvgIpc) is 3.01. The van der Waals surface area contributed by atoms with Crippen molar-refractivity contribution in [1.29, 1.82) is 0 Å². The molecule has 4 nitrogen and oxygen atoms in total. The first-order chi connectivity index (χ1) is 10.7. The molecule has 1 amide bonds. The third-order valence-corrected chi connectivity index (χ3v) is 3.85. The highest BCUT2D eigenvalue weighted by atomic mass is 16.1. The zero-order valence-corrected chi connectivity index (χ0v) is 11.7. The van der Waals surface area contributed by atoms with Crippen LogP contribution in [0.3, 0.4) is 0 Å². The fourth-order valence-electron chi connectivity index (χ4n) is 2.76. The van der Waals surface area contributed by atoms with Gasteiger partial charge in [0.1, 0.15) is 0 Å². The Hall–Kier alpha value is -3.14. The number of amides is 1. The fourth-order valence-corrected chi connectivity index (χ4v) is 2.76. The highest BCUT2D eigenvalue weighted by Gasteiger charge is 2.11. The van der Waals surface area contributed by atoms with E-state index in [0.29, 0.717) is 5.56 Å². The Kier molecular flexibility index (Phi) is 2.69. The Morgan fingerprint density at radius 1 is 1.00 bits per heavy atom. The number of aromatic nitrogens is 2. The maximum absolute atomic E-state index is 11.7. The molecule has 22 heavy (non-hydrogen) atoms. The molecule has 106 valence electrons. The summed E-state index contributed by atoms with van der Waals surface area (Å²) in [5.74, 6) is -0.442. The van der Waals surface area contributed by atoms with Crippen molar-refractivity contribution in [3.63, 3.8) is 0 Å². The smallest absolute Gasteiger partial charge is 0.250 e. The zero-order chi connectivity index (χ0) is 15.1. The molecule has 0 aliphatic heterocycles. The number of hydrogen-bond acceptors (Lipinski definition) is 2. The third-order valence-electron chi connectivity index (χ3n) is 3.85. The van der Waals surface area contributed by atoms with Gasteiger partial charge in [0.15, 0.2) is 0 Å². The van der Waals surface area contributed by atoms with Crippen molar-refractivity contribution in [3.8, 4) is 11.1 Å². The molecule has 0 aliphatic rings. The van der Waals surface area contributed by atoms with Gasteiger partial charge in [-0.15, -0.1) is 0 Å². The van der Waals surface area contributed by atoms with Gasteiger partial charge in [-0.3, -0.25) is 9.78 Å². The van der Waals surface area contributed by atoms with E-state index < -0.39 is 5.91 Å². The Morgan fingerprint density at radius 3 is 2.68 bits per heavy atom. The van der Waals surface area contributed by atoms with E-state index in [1.807, 2.05) is 48.7 Å². The highest BCUT2D eigenvalue weighted by molar-refractivity contribution is 6.07. The Morgan fingerprint density at radius 2 is 1.82 bits per heavy atom. The fraction of sp³-hybridized carbons (Fsp3) is 0. The van der Waals surface area contributed by atoms with Crippen LogP contribution in [0.4, 0.5) is 0 Å². The van der Waals surface area contributed by atoms with Gasteiger partial charge in [-0.1, -0.05) is 18.2 Å². The molecule has 0 atom stereocenters. The number of primary amides is 1. The zero-order valence-electron chi connectivity index (χ0n) is 11.7. The standard InChI is InChI=1S/C18H13N3O/c19-18(22)15-9-13(8-12-5-6-20-17(12)15)14-7-11-3-1-2-4-16(11)21-10-14/h1-10,20H,(H2,19,22). The van der Waals surface area contributed by atoms with Gasteiger partial charge in [-0.25, -0.2) is 0 Å². The van der Waals surface area contributed by atoms with E-state index in [-0.39, 0.29) is 0 Å². The number of nitrogens with two attached hydrogens (primary N) is 1. The number of benzene rings is 2. The predicted octanol–water partition coefficient (Wildman–Crippen LogP) is 3.48. The molecule has 4 rings (SSSR count). The van der Waals surface area contributed by atoms with Gasteiger partial charge in [0.05, 0.1) is 16.6 Å². The summed E-state index contributed by atoms with van der Waals surface area (Å²) in [4.78, 5) is 19.2. The number of fused-ring (bicyclic) bond motifs is 2. The minimum Gasteiger partial charge on any atom is -0.366 e. The predicted molar refractivity (Wildman–Crippen MR) is 87.6 cm³/mol. The van der Waals surface area contributed by atoms with E-state index in [1.54, 1.807) is 6.20 Å². The number of nitrogens with zero attached hydrogens (tertiary/aromatic N) is 1. The van der Waals surface area contributed by atoms with Crippen molar-refractivity contribution in [1.82, 2.24) is 9.97 Å². The molecule has 3 N–H and O–H groups in total. The molecule has 0 fully saturated rings. The first kappa shape index (κ1) is 12.6. The topological polar surface area (TPSA) is 71.8 Å². The van der Waals surface area contributed by atoms with E-state index in [4.69, 9.17) is 5.73 Å².